The van der Waals surface area contributed by atoms with Gasteiger partial charge in [0.1, 0.15) is 17.4 Å². The predicted molar refractivity (Wildman–Crippen MR) is 91.9 cm³/mol. The number of rotatable bonds is 4. The molecule has 1 saturated carbocycles. The standard InChI is InChI=1S/C20H20F3NO2/c21-20(22,23)15-4-6-16(7-5-15)26-19-8-3-14-2-1-13(9-10-25)11-17(14)18(19)12-24/h1-3,8,11,15-16,25H,4-7,9-10H2/t15-,16+. The van der Waals surface area contributed by atoms with Crippen molar-refractivity contribution in [2.24, 2.45) is 5.92 Å². The zero-order chi connectivity index (χ0) is 18.7. The van der Waals surface area contributed by atoms with E-state index in [-0.39, 0.29) is 25.6 Å². The molecule has 0 aromatic heterocycles. The molecule has 6 heteroatoms. The summed E-state index contributed by atoms with van der Waals surface area (Å²) in [6.45, 7) is 0.0199. The first-order chi connectivity index (χ1) is 12.4. The van der Waals surface area contributed by atoms with Gasteiger partial charge < -0.3 is 9.84 Å². The number of hydrogen-bond acceptors (Lipinski definition) is 3. The molecule has 0 heterocycles. The van der Waals surface area contributed by atoms with Crippen LogP contribution < -0.4 is 4.74 Å². The van der Waals surface area contributed by atoms with Crippen molar-refractivity contribution >= 4 is 10.8 Å². The van der Waals surface area contributed by atoms with Gasteiger partial charge in [0.25, 0.3) is 0 Å². The summed E-state index contributed by atoms with van der Waals surface area (Å²) in [6.07, 6.45) is -3.18. The fourth-order valence-electron chi connectivity index (χ4n) is 3.53. The molecule has 26 heavy (non-hydrogen) atoms. The van der Waals surface area contributed by atoms with Crippen molar-refractivity contribution < 1.29 is 23.0 Å². The van der Waals surface area contributed by atoms with Gasteiger partial charge >= 0.3 is 6.18 Å². The van der Waals surface area contributed by atoms with Crippen LogP contribution in [0.2, 0.25) is 0 Å². The van der Waals surface area contributed by atoms with Crippen LogP contribution in [0.5, 0.6) is 5.75 Å². The second-order valence-corrected chi connectivity index (χ2v) is 6.71. The van der Waals surface area contributed by atoms with Crippen LogP contribution in [0.4, 0.5) is 13.2 Å². The molecule has 1 fully saturated rings. The lowest BCUT2D eigenvalue weighted by atomic mass is 9.87. The van der Waals surface area contributed by atoms with Crippen molar-refractivity contribution in [2.45, 2.75) is 44.4 Å². The first-order valence-electron chi connectivity index (χ1n) is 8.72. The summed E-state index contributed by atoms with van der Waals surface area (Å²) in [7, 11) is 0. The Bertz CT molecular complexity index is 818. The van der Waals surface area contributed by atoms with Gasteiger partial charge in [-0.05, 0) is 55.2 Å². The molecule has 3 rings (SSSR count). The lowest BCUT2D eigenvalue weighted by Gasteiger charge is -2.30. The monoisotopic (exact) mass is 363 g/mol. The Morgan fingerprint density at radius 1 is 1.12 bits per heavy atom. The highest BCUT2D eigenvalue weighted by Gasteiger charge is 2.41. The molecular weight excluding hydrogens is 343 g/mol. The number of ether oxygens (including phenoxy) is 1. The van der Waals surface area contributed by atoms with E-state index in [0.29, 0.717) is 30.6 Å². The Kier molecular flexibility index (Phi) is 5.38. The maximum absolute atomic E-state index is 12.8. The van der Waals surface area contributed by atoms with Crippen LogP contribution in [0.25, 0.3) is 10.8 Å². The lowest BCUT2D eigenvalue weighted by Crippen LogP contribution is -2.32. The molecule has 1 aliphatic carbocycles. The van der Waals surface area contributed by atoms with Crippen molar-refractivity contribution in [2.75, 3.05) is 6.61 Å². The summed E-state index contributed by atoms with van der Waals surface area (Å²) >= 11 is 0. The van der Waals surface area contributed by atoms with E-state index in [2.05, 4.69) is 6.07 Å². The van der Waals surface area contributed by atoms with E-state index in [9.17, 15) is 18.4 Å². The van der Waals surface area contributed by atoms with Crippen molar-refractivity contribution in [1.29, 1.82) is 5.26 Å². The molecule has 0 radical (unpaired) electrons. The molecule has 1 N–H and O–H groups in total. The molecule has 0 atom stereocenters. The van der Waals surface area contributed by atoms with Crippen molar-refractivity contribution in [3.05, 3.63) is 41.5 Å². The molecule has 138 valence electrons. The Labute approximate surface area is 150 Å². The minimum absolute atomic E-state index is 0.0199. The molecule has 0 aliphatic heterocycles. The van der Waals surface area contributed by atoms with Crippen LogP contribution in [-0.4, -0.2) is 24.0 Å². The number of nitriles is 1. The number of fused-ring (bicyclic) bond motifs is 1. The van der Waals surface area contributed by atoms with Crippen LogP contribution in [0.15, 0.2) is 30.3 Å². The molecular formula is C20H20F3NO2. The maximum Gasteiger partial charge on any atom is 0.391 e. The summed E-state index contributed by atoms with van der Waals surface area (Å²) in [5.41, 5.74) is 1.31. The van der Waals surface area contributed by atoms with Gasteiger partial charge in [-0.1, -0.05) is 18.2 Å². The Morgan fingerprint density at radius 2 is 1.81 bits per heavy atom. The maximum atomic E-state index is 12.8. The topological polar surface area (TPSA) is 53.2 Å². The third-order valence-corrected chi connectivity index (χ3v) is 4.99. The second-order valence-electron chi connectivity index (χ2n) is 6.71. The van der Waals surface area contributed by atoms with Gasteiger partial charge in [0.2, 0.25) is 0 Å². The predicted octanol–water partition coefficient (Wildman–Crippen LogP) is 4.75. The molecule has 2 aromatic carbocycles. The van der Waals surface area contributed by atoms with E-state index in [1.54, 1.807) is 6.07 Å². The summed E-state index contributed by atoms with van der Waals surface area (Å²) in [4.78, 5) is 0. The van der Waals surface area contributed by atoms with E-state index in [4.69, 9.17) is 9.84 Å². The summed E-state index contributed by atoms with van der Waals surface area (Å²) in [6, 6.07) is 11.4. The SMILES string of the molecule is N#Cc1c(O[C@H]2CC[C@@H](C(F)(F)F)CC2)ccc2ccc(CCO)cc12. The Balaban J connectivity index is 1.81. The number of halogens is 3. The smallest absolute Gasteiger partial charge is 0.391 e. The number of alkyl halides is 3. The third-order valence-electron chi connectivity index (χ3n) is 4.99. The molecule has 0 bridgehead atoms. The molecule has 2 aromatic rings. The number of nitrogens with zero attached hydrogens (tertiary/aromatic N) is 1. The largest absolute Gasteiger partial charge is 0.489 e. The minimum atomic E-state index is -4.14. The van der Waals surface area contributed by atoms with Crippen LogP contribution >= 0.6 is 0 Å². The average molecular weight is 363 g/mol. The molecule has 0 spiro atoms. The first-order valence-corrected chi connectivity index (χ1v) is 8.72. The van der Waals surface area contributed by atoms with Gasteiger partial charge in [-0.3, -0.25) is 0 Å². The van der Waals surface area contributed by atoms with Crippen LogP contribution in [-0.2, 0) is 6.42 Å². The van der Waals surface area contributed by atoms with E-state index in [0.717, 1.165) is 16.3 Å². The van der Waals surface area contributed by atoms with E-state index in [1.165, 1.54) is 0 Å². The number of aliphatic hydroxyl groups excluding tert-OH is 1. The Morgan fingerprint density at radius 3 is 2.42 bits per heavy atom. The van der Waals surface area contributed by atoms with Crippen LogP contribution in [0.3, 0.4) is 0 Å². The van der Waals surface area contributed by atoms with E-state index < -0.39 is 12.1 Å². The van der Waals surface area contributed by atoms with Gasteiger partial charge in [-0.15, -0.1) is 0 Å². The van der Waals surface area contributed by atoms with Crippen molar-refractivity contribution in [3.8, 4) is 11.8 Å². The normalized spacial score (nSPS) is 20.7. The van der Waals surface area contributed by atoms with Gasteiger partial charge in [0.15, 0.2) is 0 Å². The van der Waals surface area contributed by atoms with Crippen LogP contribution in [0.1, 0.15) is 36.8 Å². The summed E-state index contributed by atoms with van der Waals surface area (Å²) in [5.74, 6) is -0.841. The van der Waals surface area contributed by atoms with Crippen LogP contribution in [0, 0.1) is 17.2 Å². The van der Waals surface area contributed by atoms with Crippen molar-refractivity contribution in [3.63, 3.8) is 0 Å². The average Bonchev–Trinajstić information content (AvgIpc) is 2.61. The zero-order valence-corrected chi connectivity index (χ0v) is 14.2. The highest BCUT2D eigenvalue weighted by Crippen LogP contribution is 2.39. The number of benzene rings is 2. The summed E-state index contributed by atoms with van der Waals surface area (Å²) in [5, 5.41) is 20.3. The van der Waals surface area contributed by atoms with Gasteiger partial charge in [0, 0.05) is 12.0 Å². The fraction of sp³-hybridized carbons (Fsp3) is 0.450. The first kappa shape index (κ1) is 18.5. The molecule has 3 nitrogen and oxygen atoms in total. The zero-order valence-electron chi connectivity index (χ0n) is 14.2. The second kappa shape index (κ2) is 7.55. The molecule has 0 unspecified atom stereocenters. The highest BCUT2D eigenvalue weighted by atomic mass is 19.4. The van der Waals surface area contributed by atoms with Gasteiger partial charge in [0.05, 0.1) is 12.0 Å². The molecule has 0 saturated heterocycles. The van der Waals surface area contributed by atoms with Gasteiger partial charge in [-0.2, -0.15) is 18.4 Å². The molecule has 1 aliphatic rings. The number of hydrogen-bond donors (Lipinski definition) is 1. The van der Waals surface area contributed by atoms with E-state index >= 15 is 0 Å². The van der Waals surface area contributed by atoms with E-state index in [1.807, 2.05) is 24.3 Å². The van der Waals surface area contributed by atoms with Gasteiger partial charge in [-0.25, -0.2) is 0 Å². The number of aliphatic hydroxyl groups is 1. The lowest BCUT2D eigenvalue weighted by molar-refractivity contribution is -0.185. The fourth-order valence-corrected chi connectivity index (χ4v) is 3.53. The Hall–Kier alpha value is -2.26. The quantitative estimate of drug-likeness (QED) is 0.853. The highest BCUT2D eigenvalue weighted by molar-refractivity contribution is 5.90. The van der Waals surface area contributed by atoms with Crippen molar-refractivity contribution in [1.82, 2.24) is 0 Å². The molecule has 0 amide bonds. The third kappa shape index (κ3) is 3.94. The summed E-state index contributed by atoms with van der Waals surface area (Å²) < 4.78 is 44.3. The minimum Gasteiger partial charge on any atom is -0.489 e.